The van der Waals surface area contributed by atoms with Gasteiger partial charge in [-0.1, -0.05) is 37.2 Å². The van der Waals surface area contributed by atoms with Crippen LogP contribution in [0.15, 0.2) is 28.8 Å². The lowest BCUT2D eigenvalue weighted by atomic mass is 10.0. The topological polar surface area (TPSA) is 87.5 Å². The minimum absolute atomic E-state index is 0.0255. The largest absolute Gasteiger partial charge is 0.362 e. The zero-order valence-corrected chi connectivity index (χ0v) is 15.3. The Morgan fingerprint density at radius 3 is 2.81 bits per heavy atom. The molecular weight excluding hydrogens is 332 g/mol. The molecule has 138 valence electrons. The average molecular weight is 356 g/mol. The number of rotatable bonds is 4. The highest BCUT2D eigenvalue weighted by atomic mass is 16.5. The van der Waals surface area contributed by atoms with Crippen LogP contribution in [0.4, 0.5) is 5.69 Å². The summed E-state index contributed by atoms with van der Waals surface area (Å²) in [5.74, 6) is -0.146. The maximum absolute atomic E-state index is 12.4. The fourth-order valence-electron chi connectivity index (χ4n) is 3.24. The normalized spacial score (nSPS) is 13.5. The molecule has 1 aliphatic rings. The molecule has 26 heavy (non-hydrogen) atoms. The lowest BCUT2D eigenvalue weighted by molar-refractivity contribution is -0.120. The van der Waals surface area contributed by atoms with Crippen molar-refractivity contribution in [2.24, 2.45) is 0 Å². The highest BCUT2D eigenvalue weighted by molar-refractivity contribution is 5.97. The van der Waals surface area contributed by atoms with Crippen LogP contribution in [0.1, 0.15) is 53.6 Å². The van der Waals surface area contributed by atoms with Gasteiger partial charge in [0.15, 0.2) is 5.76 Å². The Labute approximate surface area is 152 Å². The van der Waals surface area contributed by atoms with Gasteiger partial charge in [-0.15, -0.1) is 0 Å². The van der Waals surface area contributed by atoms with Crippen LogP contribution in [0.2, 0.25) is 0 Å². The molecule has 0 fully saturated rings. The van der Waals surface area contributed by atoms with E-state index in [0.29, 0.717) is 17.0 Å². The van der Waals surface area contributed by atoms with E-state index in [0.717, 1.165) is 25.1 Å². The standard InChI is InChI=1S/C19H24N4O3/c1-12(2)18-17(13(3)22-26-18)19(25)21-20-16(24)11-23-10-6-8-14-7-4-5-9-15(14)23/h4-5,7,9,12H,6,8,10-11H2,1-3H3,(H,20,24)(H,21,25). The predicted octanol–water partition coefficient (Wildman–Crippen LogP) is 2.32. The number of hydrazine groups is 1. The van der Waals surface area contributed by atoms with Gasteiger partial charge in [-0.2, -0.15) is 0 Å². The Kier molecular flexibility index (Phi) is 5.25. The summed E-state index contributed by atoms with van der Waals surface area (Å²) in [6.45, 7) is 6.56. The molecule has 0 atom stereocenters. The van der Waals surface area contributed by atoms with E-state index in [1.54, 1.807) is 6.92 Å². The molecule has 7 heteroatoms. The minimum atomic E-state index is -0.417. The summed E-state index contributed by atoms with van der Waals surface area (Å²) in [7, 11) is 0. The molecule has 2 amide bonds. The zero-order valence-electron chi connectivity index (χ0n) is 15.3. The summed E-state index contributed by atoms with van der Waals surface area (Å²) in [6.07, 6.45) is 2.03. The lowest BCUT2D eigenvalue weighted by Crippen LogP contribution is -2.47. The first-order chi connectivity index (χ1) is 12.5. The molecule has 1 aromatic heterocycles. The second kappa shape index (κ2) is 7.59. The summed E-state index contributed by atoms with van der Waals surface area (Å²) >= 11 is 0. The summed E-state index contributed by atoms with van der Waals surface area (Å²) < 4.78 is 5.21. The lowest BCUT2D eigenvalue weighted by Gasteiger charge is -2.30. The molecule has 2 heterocycles. The Hall–Kier alpha value is -2.83. The third-order valence-electron chi connectivity index (χ3n) is 4.50. The van der Waals surface area contributed by atoms with E-state index in [9.17, 15) is 9.59 Å². The van der Waals surface area contributed by atoms with Crippen molar-refractivity contribution in [2.45, 2.75) is 39.5 Å². The average Bonchev–Trinajstić information content (AvgIpc) is 3.02. The number of anilines is 1. The number of aryl methyl sites for hydroxylation is 2. The summed E-state index contributed by atoms with van der Waals surface area (Å²) in [5, 5.41) is 3.85. The molecule has 2 aromatic rings. The molecular formula is C19H24N4O3. The maximum Gasteiger partial charge on any atom is 0.275 e. The van der Waals surface area contributed by atoms with Crippen molar-refractivity contribution < 1.29 is 14.1 Å². The fraction of sp³-hybridized carbons (Fsp3) is 0.421. The van der Waals surface area contributed by atoms with Gasteiger partial charge in [0.05, 0.1) is 12.2 Å². The highest BCUT2D eigenvalue weighted by Crippen LogP contribution is 2.26. The van der Waals surface area contributed by atoms with E-state index in [2.05, 4.69) is 22.1 Å². The van der Waals surface area contributed by atoms with Crippen molar-refractivity contribution >= 4 is 17.5 Å². The van der Waals surface area contributed by atoms with E-state index in [1.807, 2.05) is 36.9 Å². The van der Waals surface area contributed by atoms with Crippen molar-refractivity contribution in [1.29, 1.82) is 0 Å². The smallest absolute Gasteiger partial charge is 0.275 e. The minimum Gasteiger partial charge on any atom is -0.362 e. The fourth-order valence-corrected chi connectivity index (χ4v) is 3.24. The molecule has 1 aromatic carbocycles. The van der Waals surface area contributed by atoms with Crippen molar-refractivity contribution in [3.8, 4) is 0 Å². The number of aromatic nitrogens is 1. The third-order valence-corrected chi connectivity index (χ3v) is 4.50. The molecule has 0 saturated carbocycles. The number of hydrogen-bond donors (Lipinski definition) is 2. The first kappa shape index (κ1) is 18.0. The molecule has 0 radical (unpaired) electrons. The van der Waals surface area contributed by atoms with Gasteiger partial charge >= 0.3 is 0 Å². The van der Waals surface area contributed by atoms with E-state index in [1.165, 1.54) is 5.56 Å². The van der Waals surface area contributed by atoms with Crippen LogP contribution in [0, 0.1) is 6.92 Å². The van der Waals surface area contributed by atoms with Gasteiger partial charge in [-0.25, -0.2) is 0 Å². The Bertz CT molecular complexity index is 813. The SMILES string of the molecule is Cc1noc(C(C)C)c1C(=O)NNC(=O)CN1CCCc2ccccc21. The number of nitrogens with one attached hydrogen (secondary N) is 2. The van der Waals surface area contributed by atoms with Gasteiger partial charge in [0.2, 0.25) is 0 Å². The number of benzene rings is 1. The number of para-hydroxylation sites is 1. The van der Waals surface area contributed by atoms with E-state index < -0.39 is 5.91 Å². The number of nitrogens with zero attached hydrogens (tertiary/aromatic N) is 2. The first-order valence-corrected chi connectivity index (χ1v) is 8.85. The summed E-state index contributed by atoms with van der Waals surface area (Å²) in [6, 6.07) is 8.09. The second-order valence-corrected chi connectivity index (χ2v) is 6.82. The number of fused-ring (bicyclic) bond motifs is 1. The Morgan fingerprint density at radius 1 is 1.27 bits per heavy atom. The van der Waals surface area contributed by atoms with Gasteiger partial charge in [-0.05, 0) is 31.4 Å². The number of hydrogen-bond acceptors (Lipinski definition) is 5. The molecule has 0 bridgehead atoms. The van der Waals surface area contributed by atoms with Crippen LogP contribution in [0.25, 0.3) is 0 Å². The van der Waals surface area contributed by atoms with Gasteiger partial charge < -0.3 is 9.42 Å². The molecule has 1 aliphatic heterocycles. The second-order valence-electron chi connectivity index (χ2n) is 6.82. The van der Waals surface area contributed by atoms with Crippen LogP contribution in [0.3, 0.4) is 0 Å². The van der Waals surface area contributed by atoms with Gasteiger partial charge in [0, 0.05) is 18.2 Å². The van der Waals surface area contributed by atoms with E-state index in [-0.39, 0.29) is 18.4 Å². The van der Waals surface area contributed by atoms with Crippen LogP contribution < -0.4 is 15.8 Å². The highest BCUT2D eigenvalue weighted by Gasteiger charge is 2.23. The molecule has 2 N–H and O–H groups in total. The molecule has 7 nitrogen and oxygen atoms in total. The monoisotopic (exact) mass is 356 g/mol. The Morgan fingerprint density at radius 2 is 2.04 bits per heavy atom. The van der Waals surface area contributed by atoms with Gasteiger partial charge in [0.1, 0.15) is 5.56 Å². The first-order valence-electron chi connectivity index (χ1n) is 8.85. The van der Waals surface area contributed by atoms with E-state index in [4.69, 9.17) is 4.52 Å². The van der Waals surface area contributed by atoms with Crippen LogP contribution in [-0.4, -0.2) is 30.1 Å². The maximum atomic E-state index is 12.4. The molecule has 0 saturated heterocycles. The van der Waals surface area contributed by atoms with Crippen molar-refractivity contribution in [3.05, 3.63) is 46.8 Å². The molecule has 3 rings (SSSR count). The summed E-state index contributed by atoms with van der Waals surface area (Å²) in [5.41, 5.74) is 8.17. The quantitative estimate of drug-likeness (QED) is 0.821. The van der Waals surface area contributed by atoms with Crippen LogP contribution >= 0.6 is 0 Å². The number of carbonyl (C=O) groups is 2. The van der Waals surface area contributed by atoms with Crippen molar-refractivity contribution in [1.82, 2.24) is 16.0 Å². The predicted molar refractivity (Wildman–Crippen MR) is 97.9 cm³/mol. The van der Waals surface area contributed by atoms with Crippen LogP contribution in [0.5, 0.6) is 0 Å². The third kappa shape index (κ3) is 3.71. The van der Waals surface area contributed by atoms with Gasteiger partial charge in [-0.3, -0.25) is 20.4 Å². The Balaban J connectivity index is 1.60. The van der Waals surface area contributed by atoms with E-state index >= 15 is 0 Å². The molecule has 0 unspecified atom stereocenters. The molecule has 0 spiro atoms. The number of amides is 2. The van der Waals surface area contributed by atoms with Crippen LogP contribution in [-0.2, 0) is 11.2 Å². The van der Waals surface area contributed by atoms with Gasteiger partial charge in [0.25, 0.3) is 11.8 Å². The molecule has 0 aliphatic carbocycles. The zero-order chi connectivity index (χ0) is 18.7. The summed E-state index contributed by atoms with van der Waals surface area (Å²) in [4.78, 5) is 26.7. The number of carbonyl (C=O) groups excluding carboxylic acids is 2. The van der Waals surface area contributed by atoms with Crippen molar-refractivity contribution in [3.63, 3.8) is 0 Å². The van der Waals surface area contributed by atoms with Crippen molar-refractivity contribution in [2.75, 3.05) is 18.0 Å².